The molecule has 2 rings (SSSR count). The highest BCUT2D eigenvalue weighted by Crippen LogP contribution is 2.40. The van der Waals surface area contributed by atoms with E-state index in [0.717, 1.165) is 29.5 Å². The van der Waals surface area contributed by atoms with E-state index < -0.39 is 0 Å². The minimum Gasteiger partial charge on any atom is -0.316 e. The summed E-state index contributed by atoms with van der Waals surface area (Å²) in [6.07, 6.45) is 7.42. The molecule has 0 radical (unpaired) electrons. The molecular weight excluding hydrogens is 329 g/mol. The number of rotatable bonds is 6. The Kier molecular flexibility index (Phi) is 6.24. The maximum absolute atomic E-state index is 13.5. The maximum atomic E-state index is 13.5. The molecule has 0 atom stereocenters. The van der Waals surface area contributed by atoms with Crippen LogP contribution in [0.5, 0.6) is 0 Å². The van der Waals surface area contributed by atoms with E-state index in [2.05, 4.69) is 35.1 Å². The molecule has 1 fully saturated rings. The molecule has 0 aliphatic heterocycles. The second-order valence-corrected chi connectivity index (χ2v) is 7.85. The number of hydrogen-bond acceptors (Lipinski definition) is 1. The minimum atomic E-state index is -0.130. The van der Waals surface area contributed by atoms with Crippen LogP contribution in [0.3, 0.4) is 0 Å². The van der Waals surface area contributed by atoms with Crippen molar-refractivity contribution in [3.8, 4) is 0 Å². The van der Waals surface area contributed by atoms with Gasteiger partial charge in [-0.1, -0.05) is 49.0 Å². The second kappa shape index (κ2) is 7.73. The van der Waals surface area contributed by atoms with Gasteiger partial charge in [-0.15, -0.1) is 0 Å². The zero-order valence-electron chi connectivity index (χ0n) is 13.2. The van der Waals surface area contributed by atoms with Crippen LogP contribution in [0, 0.1) is 17.2 Å². The predicted molar refractivity (Wildman–Crippen MR) is 91.0 cm³/mol. The average Bonchev–Trinajstić information content (AvgIpc) is 2.43. The Morgan fingerprint density at radius 2 is 1.95 bits per heavy atom. The van der Waals surface area contributed by atoms with Crippen molar-refractivity contribution in [1.29, 1.82) is 0 Å². The van der Waals surface area contributed by atoms with Crippen LogP contribution in [0.4, 0.5) is 4.39 Å². The Balaban J connectivity index is 2.09. The van der Waals surface area contributed by atoms with Gasteiger partial charge in [0.1, 0.15) is 5.82 Å². The monoisotopic (exact) mass is 355 g/mol. The standard InChI is InChI=1S/C18H27BrFN/c1-14(2)12-21-13-18(8-4-3-5-9-18)11-15-10-16(20)6-7-17(15)19/h6-7,10,14,21H,3-5,8-9,11-13H2,1-2H3. The third-order valence-electron chi connectivity index (χ3n) is 4.54. The van der Waals surface area contributed by atoms with Crippen LogP contribution in [0.15, 0.2) is 22.7 Å². The van der Waals surface area contributed by atoms with E-state index in [-0.39, 0.29) is 5.82 Å². The second-order valence-electron chi connectivity index (χ2n) is 7.00. The predicted octanol–water partition coefficient (Wildman–Crippen LogP) is 5.33. The third kappa shape index (κ3) is 5.07. The van der Waals surface area contributed by atoms with E-state index in [9.17, 15) is 4.39 Å². The summed E-state index contributed by atoms with van der Waals surface area (Å²) in [5, 5.41) is 3.64. The van der Waals surface area contributed by atoms with Crippen LogP contribution in [0.25, 0.3) is 0 Å². The van der Waals surface area contributed by atoms with Crippen LogP contribution in [0.2, 0.25) is 0 Å². The Morgan fingerprint density at radius 3 is 2.62 bits per heavy atom. The summed E-state index contributed by atoms with van der Waals surface area (Å²) in [7, 11) is 0. The van der Waals surface area contributed by atoms with Crippen molar-refractivity contribution in [3.63, 3.8) is 0 Å². The van der Waals surface area contributed by atoms with Gasteiger partial charge >= 0.3 is 0 Å². The molecule has 0 heterocycles. The Bertz CT molecular complexity index is 453. The molecule has 1 aliphatic rings. The zero-order valence-corrected chi connectivity index (χ0v) is 14.8. The van der Waals surface area contributed by atoms with E-state index in [0.29, 0.717) is 11.3 Å². The van der Waals surface area contributed by atoms with Crippen LogP contribution >= 0.6 is 15.9 Å². The number of nitrogens with one attached hydrogen (secondary N) is 1. The van der Waals surface area contributed by atoms with Crippen LogP contribution in [-0.2, 0) is 6.42 Å². The van der Waals surface area contributed by atoms with Crippen molar-refractivity contribution < 1.29 is 4.39 Å². The molecule has 1 aromatic carbocycles. The first-order chi connectivity index (χ1) is 10.0. The molecule has 0 bridgehead atoms. The lowest BCUT2D eigenvalue weighted by atomic mass is 9.70. The molecule has 1 nitrogen and oxygen atoms in total. The lowest BCUT2D eigenvalue weighted by molar-refractivity contribution is 0.178. The molecular formula is C18H27BrFN. The highest BCUT2D eigenvalue weighted by Gasteiger charge is 2.32. The van der Waals surface area contributed by atoms with Gasteiger partial charge in [0.25, 0.3) is 0 Å². The summed E-state index contributed by atoms with van der Waals surface area (Å²) in [5.41, 5.74) is 1.41. The molecule has 21 heavy (non-hydrogen) atoms. The average molecular weight is 356 g/mol. The smallest absolute Gasteiger partial charge is 0.123 e. The topological polar surface area (TPSA) is 12.0 Å². The van der Waals surface area contributed by atoms with Gasteiger partial charge in [0.15, 0.2) is 0 Å². The van der Waals surface area contributed by atoms with Gasteiger partial charge in [0.05, 0.1) is 0 Å². The lowest BCUT2D eigenvalue weighted by Crippen LogP contribution is -2.39. The van der Waals surface area contributed by atoms with Crippen molar-refractivity contribution in [3.05, 3.63) is 34.1 Å². The van der Waals surface area contributed by atoms with E-state index in [4.69, 9.17) is 0 Å². The van der Waals surface area contributed by atoms with E-state index >= 15 is 0 Å². The van der Waals surface area contributed by atoms with Gasteiger partial charge < -0.3 is 5.32 Å². The highest BCUT2D eigenvalue weighted by atomic mass is 79.9. The van der Waals surface area contributed by atoms with Crippen LogP contribution < -0.4 is 5.32 Å². The quantitative estimate of drug-likeness (QED) is 0.727. The van der Waals surface area contributed by atoms with Gasteiger partial charge in [-0.2, -0.15) is 0 Å². The fourth-order valence-electron chi connectivity index (χ4n) is 3.43. The molecule has 0 spiro atoms. The lowest BCUT2D eigenvalue weighted by Gasteiger charge is -2.38. The van der Waals surface area contributed by atoms with Crippen LogP contribution in [-0.4, -0.2) is 13.1 Å². The molecule has 1 saturated carbocycles. The SMILES string of the molecule is CC(C)CNCC1(Cc2cc(F)ccc2Br)CCCCC1. The summed E-state index contributed by atoms with van der Waals surface area (Å²) < 4.78 is 14.6. The number of halogens is 2. The van der Waals surface area contributed by atoms with Crippen molar-refractivity contribution >= 4 is 15.9 Å². The first kappa shape index (κ1) is 17.0. The van der Waals surface area contributed by atoms with E-state index in [1.165, 1.54) is 38.2 Å². The first-order valence-electron chi connectivity index (χ1n) is 8.15. The summed E-state index contributed by atoms with van der Waals surface area (Å²) >= 11 is 3.59. The first-order valence-corrected chi connectivity index (χ1v) is 8.95. The number of benzene rings is 1. The van der Waals surface area contributed by atoms with Crippen molar-refractivity contribution in [1.82, 2.24) is 5.32 Å². The minimum absolute atomic E-state index is 0.130. The molecule has 1 N–H and O–H groups in total. The fourth-order valence-corrected chi connectivity index (χ4v) is 3.81. The van der Waals surface area contributed by atoms with Gasteiger partial charge in [-0.3, -0.25) is 0 Å². The molecule has 0 aromatic heterocycles. The van der Waals surface area contributed by atoms with E-state index in [1.54, 1.807) is 6.07 Å². The molecule has 0 amide bonds. The molecule has 3 heteroatoms. The van der Waals surface area contributed by atoms with Crippen LogP contribution in [0.1, 0.15) is 51.5 Å². The summed E-state index contributed by atoms with van der Waals surface area (Å²) in [5.74, 6) is 0.542. The van der Waals surface area contributed by atoms with Crippen molar-refractivity contribution in [2.45, 2.75) is 52.4 Å². The Labute approximate surface area is 136 Å². The fraction of sp³-hybridized carbons (Fsp3) is 0.667. The summed E-state index contributed by atoms with van der Waals surface area (Å²) in [6.45, 7) is 6.59. The molecule has 0 unspecified atom stereocenters. The largest absolute Gasteiger partial charge is 0.316 e. The molecule has 1 aromatic rings. The normalized spacial score (nSPS) is 18.1. The molecule has 118 valence electrons. The number of hydrogen-bond donors (Lipinski definition) is 1. The third-order valence-corrected chi connectivity index (χ3v) is 5.31. The van der Waals surface area contributed by atoms with Gasteiger partial charge in [0.2, 0.25) is 0 Å². The Morgan fingerprint density at radius 1 is 1.24 bits per heavy atom. The maximum Gasteiger partial charge on any atom is 0.123 e. The molecule has 1 aliphatic carbocycles. The van der Waals surface area contributed by atoms with Gasteiger partial charge in [-0.25, -0.2) is 4.39 Å². The van der Waals surface area contributed by atoms with Crippen molar-refractivity contribution in [2.24, 2.45) is 11.3 Å². The highest BCUT2D eigenvalue weighted by molar-refractivity contribution is 9.10. The van der Waals surface area contributed by atoms with Gasteiger partial charge in [-0.05, 0) is 60.9 Å². The summed E-state index contributed by atoms with van der Waals surface area (Å²) in [6, 6.07) is 5.06. The summed E-state index contributed by atoms with van der Waals surface area (Å²) in [4.78, 5) is 0. The zero-order chi connectivity index (χ0) is 15.3. The van der Waals surface area contributed by atoms with Crippen molar-refractivity contribution in [2.75, 3.05) is 13.1 Å². The van der Waals surface area contributed by atoms with Gasteiger partial charge in [0, 0.05) is 11.0 Å². The molecule has 0 saturated heterocycles. The van der Waals surface area contributed by atoms with E-state index in [1.807, 2.05) is 6.07 Å². The Hall–Kier alpha value is -0.410.